The lowest BCUT2D eigenvalue weighted by molar-refractivity contribution is -0.212. The molecule has 3 saturated carbocycles. The molecule has 3 aliphatic heterocycles. The number of hydrogen-bond acceptors (Lipinski definition) is 11. The zero-order valence-corrected chi connectivity index (χ0v) is 50.8. The molecule has 5 aromatic carbocycles. The van der Waals surface area contributed by atoms with Crippen molar-refractivity contribution in [3.8, 4) is 5.75 Å². The molecular weight excluding hydrogens is 1100 g/mol. The minimum Gasteiger partial charge on any atom is -0.482 e. The van der Waals surface area contributed by atoms with E-state index in [1.807, 2.05) is 6.07 Å². The number of methoxy groups -OCH3 is 1. The Bertz CT molecular complexity index is 3850. The summed E-state index contributed by atoms with van der Waals surface area (Å²) >= 11 is 0. The standard InChI is InChI=1S/C77H82O11/c1-44(41-79)54-29-21-45-19-22-47(23-20-45)55-30-26-49(57-15-8-18-65-60(57)32-28-53-13-7-12-52-27-24-48-11-4-6-17-64(48)77(52,53)65)38-51(55)39-68(81)85-72-70-67(34-33-61-63(42-80)69(75(83)86-71(61)70)50(35-37-78)43-84-2)88-76(73(72)87-74(54)82)36-9-16-59-58-31-25-46-10-3-5-14-56(46)62(58)40-66(59)76/h3-6,8,10-11,14-15,17-20,22-23,25-26,30-31,33-34,49-53,55,58-59,62,66,72-73,78-80H,7,9,12-13,16,21,24,27-29,32,35-43H2,1-2H3. The van der Waals surface area contributed by atoms with Crippen LogP contribution in [0.25, 0.3) is 17.0 Å². The van der Waals surface area contributed by atoms with E-state index in [0.717, 1.165) is 49.7 Å². The first-order valence-electron chi connectivity index (χ1n) is 33.0. The zero-order valence-electron chi connectivity index (χ0n) is 50.8. The van der Waals surface area contributed by atoms with Gasteiger partial charge in [-0.15, -0.1) is 0 Å². The van der Waals surface area contributed by atoms with Crippen LogP contribution in [-0.4, -0.2) is 65.9 Å². The lowest BCUT2D eigenvalue weighted by Gasteiger charge is -2.57. The maximum absolute atomic E-state index is 16.1. The van der Waals surface area contributed by atoms with E-state index in [0.29, 0.717) is 58.9 Å². The summed E-state index contributed by atoms with van der Waals surface area (Å²) in [4.78, 5) is 46.5. The predicted octanol–water partition coefficient (Wildman–Crippen LogP) is 13.7. The number of aliphatic hydroxyl groups excluding tert-OH is 3. The van der Waals surface area contributed by atoms with Crippen molar-refractivity contribution in [2.75, 3.05) is 26.9 Å². The molecule has 3 fully saturated rings. The van der Waals surface area contributed by atoms with Gasteiger partial charge in [0.2, 0.25) is 0 Å². The highest BCUT2D eigenvalue weighted by Crippen LogP contribution is 2.65. The van der Waals surface area contributed by atoms with Crippen LogP contribution in [0.15, 0.2) is 142 Å². The monoisotopic (exact) mass is 1180 g/mol. The van der Waals surface area contributed by atoms with Crippen LogP contribution >= 0.6 is 0 Å². The van der Waals surface area contributed by atoms with Gasteiger partial charge in [0.1, 0.15) is 11.3 Å². The third-order valence-electron chi connectivity index (χ3n) is 23.6. The van der Waals surface area contributed by atoms with Gasteiger partial charge in [0.25, 0.3) is 0 Å². The second-order valence-electron chi connectivity index (χ2n) is 27.5. The van der Waals surface area contributed by atoms with E-state index in [9.17, 15) is 20.1 Å². The van der Waals surface area contributed by atoms with Crippen molar-refractivity contribution in [2.45, 2.75) is 163 Å². The fourth-order valence-electron chi connectivity index (χ4n) is 19.9. The van der Waals surface area contributed by atoms with Gasteiger partial charge in [-0.2, -0.15) is 0 Å². The highest BCUT2D eigenvalue weighted by molar-refractivity contribution is 5.90. The fraction of sp³-hybridized carbons (Fsp3) is 0.468. The van der Waals surface area contributed by atoms with Crippen LogP contribution in [0, 0.1) is 35.5 Å². The van der Waals surface area contributed by atoms with E-state index in [2.05, 4.69) is 115 Å². The average Bonchev–Trinajstić information content (AvgIpc) is 0.986. The molecule has 7 aliphatic carbocycles. The van der Waals surface area contributed by atoms with Gasteiger partial charge in [-0.3, -0.25) is 4.79 Å². The molecule has 4 heterocycles. The van der Waals surface area contributed by atoms with Gasteiger partial charge in [-0.1, -0.05) is 122 Å². The summed E-state index contributed by atoms with van der Waals surface area (Å²) in [6.07, 6.45) is 19.7. The number of aliphatic hydroxyl groups is 3. The van der Waals surface area contributed by atoms with Crippen LogP contribution in [0.4, 0.5) is 0 Å². The SMILES string of the molecule is COCC(CCO)c1c(CO)c2ccc3c(c2oc1=O)C1OC(=O)CC2CC(c4cccc5c4CCC4CCCC6CCc7ccccc7C564)C=CC2c2ccc(cc2)CCC(=C(C)CO)C(=O)OC1C1(CCCC2C4C=Cc5ccccc5C4CC21)O3. The predicted molar refractivity (Wildman–Crippen MR) is 337 cm³/mol. The summed E-state index contributed by atoms with van der Waals surface area (Å²) in [5.41, 5.74) is 11.7. The van der Waals surface area contributed by atoms with Crippen molar-refractivity contribution in [2.24, 2.45) is 35.5 Å². The number of esters is 2. The number of allylic oxidation sites excluding steroid dienone is 3. The Morgan fingerprint density at radius 3 is 2.38 bits per heavy atom. The molecule has 0 saturated heterocycles. The van der Waals surface area contributed by atoms with Gasteiger partial charge in [0.05, 0.1) is 25.4 Å². The Kier molecular flexibility index (Phi) is 15.1. The van der Waals surface area contributed by atoms with Gasteiger partial charge in [0, 0.05) is 65.7 Å². The summed E-state index contributed by atoms with van der Waals surface area (Å²) in [7, 11) is 1.53. The number of carbonyl (C=O) groups is 2. The van der Waals surface area contributed by atoms with E-state index >= 15 is 9.59 Å². The summed E-state index contributed by atoms with van der Waals surface area (Å²) in [6.45, 7) is 0.723. The van der Waals surface area contributed by atoms with E-state index in [4.69, 9.17) is 23.4 Å². The molecule has 0 radical (unpaired) electrons. The number of ether oxygens (including phenoxy) is 4. The van der Waals surface area contributed by atoms with Crippen molar-refractivity contribution in [1.29, 1.82) is 0 Å². The molecule has 456 valence electrons. The molecule has 14 unspecified atom stereocenters. The Morgan fingerprint density at radius 2 is 1.56 bits per heavy atom. The average molecular weight is 1180 g/mol. The van der Waals surface area contributed by atoms with Crippen LogP contribution < -0.4 is 10.4 Å². The van der Waals surface area contributed by atoms with Crippen molar-refractivity contribution in [1.82, 2.24) is 0 Å². The van der Waals surface area contributed by atoms with Crippen LogP contribution in [0.1, 0.15) is 187 Å². The third-order valence-corrected chi connectivity index (χ3v) is 23.6. The highest BCUT2D eigenvalue weighted by atomic mass is 16.6. The third kappa shape index (κ3) is 9.20. The lowest BCUT2D eigenvalue weighted by Crippen LogP contribution is -2.62. The summed E-state index contributed by atoms with van der Waals surface area (Å²) in [5, 5.41) is 32.9. The molecule has 6 aromatic rings. The minimum absolute atomic E-state index is 0.0141. The quantitative estimate of drug-likeness (QED) is 0.0576. The maximum atomic E-state index is 16.1. The van der Waals surface area contributed by atoms with Crippen molar-refractivity contribution in [3.63, 3.8) is 0 Å². The Labute approximate surface area is 515 Å². The van der Waals surface area contributed by atoms with Crippen molar-refractivity contribution < 1.29 is 48.3 Å². The maximum Gasteiger partial charge on any atom is 0.340 e. The molecule has 11 nitrogen and oxygen atoms in total. The van der Waals surface area contributed by atoms with E-state index in [1.165, 1.54) is 66.2 Å². The number of carbonyl (C=O) groups excluding carboxylic acids is 2. The van der Waals surface area contributed by atoms with Gasteiger partial charge < -0.3 is 38.7 Å². The second-order valence-corrected chi connectivity index (χ2v) is 27.5. The first-order valence-corrected chi connectivity index (χ1v) is 33.0. The van der Waals surface area contributed by atoms with Gasteiger partial charge in [-0.25, -0.2) is 9.59 Å². The largest absolute Gasteiger partial charge is 0.482 e. The molecule has 2 spiro atoms. The molecule has 3 N–H and O–H groups in total. The van der Waals surface area contributed by atoms with Crippen LogP contribution in [0.3, 0.4) is 0 Å². The molecule has 0 amide bonds. The minimum atomic E-state index is -1.34. The van der Waals surface area contributed by atoms with Gasteiger partial charge in [0.15, 0.2) is 17.8 Å². The number of fused-ring (bicyclic) bond motifs is 19. The highest BCUT2D eigenvalue weighted by Gasteiger charge is 2.65. The Hall–Kier alpha value is -6.89. The van der Waals surface area contributed by atoms with Crippen LogP contribution in [-0.2, 0) is 55.1 Å². The summed E-state index contributed by atoms with van der Waals surface area (Å²) in [6, 6.07) is 37.3. The van der Waals surface area contributed by atoms with Gasteiger partial charge in [-0.05, 0) is 206 Å². The number of aryl methyl sites for hydroxylation is 2. The number of rotatable bonds is 8. The first-order chi connectivity index (χ1) is 43.1. The van der Waals surface area contributed by atoms with E-state index in [1.54, 1.807) is 18.6 Å². The van der Waals surface area contributed by atoms with E-state index < -0.39 is 47.9 Å². The molecule has 14 atom stereocenters. The zero-order chi connectivity index (χ0) is 60.0. The molecule has 2 bridgehead atoms. The summed E-state index contributed by atoms with van der Waals surface area (Å²) < 4.78 is 34.2. The Balaban J connectivity index is 0.884. The normalized spacial score (nSPS) is 31.9. The Morgan fingerprint density at radius 1 is 0.761 bits per heavy atom. The molecule has 88 heavy (non-hydrogen) atoms. The fourth-order valence-corrected chi connectivity index (χ4v) is 19.9. The van der Waals surface area contributed by atoms with Crippen molar-refractivity contribution in [3.05, 3.63) is 210 Å². The second kappa shape index (κ2) is 23.2. The summed E-state index contributed by atoms with van der Waals surface area (Å²) in [5.74, 6) is -0.155. The molecule has 10 aliphatic rings. The first kappa shape index (κ1) is 57.5. The number of benzene rings is 5. The molecule has 16 rings (SSSR count). The van der Waals surface area contributed by atoms with Gasteiger partial charge >= 0.3 is 17.6 Å². The van der Waals surface area contributed by atoms with E-state index in [-0.39, 0.29) is 103 Å². The van der Waals surface area contributed by atoms with Crippen molar-refractivity contribution >= 4 is 29.0 Å². The molecule has 1 aromatic heterocycles. The van der Waals surface area contributed by atoms with Crippen LogP contribution in [0.2, 0.25) is 0 Å². The topological polar surface area (TPSA) is 162 Å². The molecular formula is C77H82O11. The molecule has 11 heteroatoms. The van der Waals surface area contributed by atoms with Crippen LogP contribution in [0.5, 0.6) is 5.75 Å². The number of hydrogen-bond donors (Lipinski definition) is 3. The smallest absolute Gasteiger partial charge is 0.340 e. The lowest BCUT2D eigenvalue weighted by atomic mass is 9.46.